The maximum Gasteiger partial charge on any atom is 0.264 e. The summed E-state index contributed by atoms with van der Waals surface area (Å²) in [6.07, 6.45) is 2.21. The zero-order valence-electron chi connectivity index (χ0n) is 11.7. The van der Waals surface area contributed by atoms with Crippen LogP contribution in [0.2, 0.25) is 0 Å². The van der Waals surface area contributed by atoms with Crippen LogP contribution >= 0.6 is 7.92 Å². The molecule has 5 heteroatoms. The molecule has 0 aliphatic heterocycles. The monoisotopic (exact) mass is 322 g/mol. The predicted octanol–water partition coefficient (Wildman–Crippen LogP) is 2.79. The van der Waals surface area contributed by atoms with E-state index in [1.165, 1.54) is 10.6 Å². The standard InChI is InChI=1S/C16H19O3PS/c17-21(18,19)14-8-7-13-20(15-9-3-1-4-10-15)16-11-5-2-6-12-16/h1-6,9-12H,7-8,13-14H2,(H,17,18,19). The Labute approximate surface area is 127 Å². The first-order valence-electron chi connectivity index (χ1n) is 6.89. The third-order valence-corrected chi connectivity index (χ3v) is 6.58. The van der Waals surface area contributed by atoms with Gasteiger partial charge in [0.2, 0.25) is 0 Å². The third-order valence-electron chi connectivity index (χ3n) is 3.17. The molecule has 0 amide bonds. The van der Waals surface area contributed by atoms with Crippen molar-refractivity contribution in [1.82, 2.24) is 0 Å². The van der Waals surface area contributed by atoms with Gasteiger partial charge in [-0.25, -0.2) is 0 Å². The van der Waals surface area contributed by atoms with Crippen LogP contribution in [0.15, 0.2) is 60.7 Å². The number of hydrogen-bond donors (Lipinski definition) is 1. The molecule has 112 valence electrons. The van der Waals surface area contributed by atoms with E-state index < -0.39 is 18.0 Å². The molecular weight excluding hydrogens is 303 g/mol. The Bertz CT molecular complexity index is 602. The lowest BCUT2D eigenvalue weighted by atomic mass is 10.4. The number of hydrogen-bond acceptors (Lipinski definition) is 2. The fourth-order valence-electron chi connectivity index (χ4n) is 2.18. The number of unbranched alkanes of at least 4 members (excludes halogenated alkanes) is 1. The summed E-state index contributed by atoms with van der Waals surface area (Å²) in [5.74, 6) is -0.153. The van der Waals surface area contributed by atoms with E-state index in [1.54, 1.807) is 0 Å². The second-order valence-electron chi connectivity index (χ2n) is 4.82. The third kappa shape index (κ3) is 5.58. The molecule has 0 saturated carbocycles. The van der Waals surface area contributed by atoms with E-state index in [0.29, 0.717) is 6.42 Å². The average Bonchev–Trinajstić information content (AvgIpc) is 2.48. The van der Waals surface area contributed by atoms with Crippen LogP contribution in [0.25, 0.3) is 0 Å². The van der Waals surface area contributed by atoms with Gasteiger partial charge in [0, 0.05) is 0 Å². The topological polar surface area (TPSA) is 54.4 Å². The van der Waals surface area contributed by atoms with Crippen molar-refractivity contribution < 1.29 is 13.0 Å². The highest BCUT2D eigenvalue weighted by atomic mass is 32.2. The molecule has 0 spiro atoms. The van der Waals surface area contributed by atoms with Crippen molar-refractivity contribution in [2.24, 2.45) is 0 Å². The SMILES string of the molecule is O=S(=O)(O)CCCCP(c1ccccc1)c1ccccc1. The minimum atomic E-state index is -3.84. The van der Waals surface area contributed by atoms with E-state index in [9.17, 15) is 8.42 Å². The summed E-state index contributed by atoms with van der Waals surface area (Å²) in [4.78, 5) is 0. The Morgan fingerprint density at radius 3 is 1.71 bits per heavy atom. The summed E-state index contributed by atoms with van der Waals surface area (Å²) in [6, 6.07) is 20.6. The van der Waals surface area contributed by atoms with Gasteiger partial charge in [0.15, 0.2) is 0 Å². The van der Waals surface area contributed by atoms with E-state index >= 15 is 0 Å². The van der Waals surface area contributed by atoms with Crippen molar-refractivity contribution >= 4 is 28.6 Å². The zero-order chi connectivity index (χ0) is 15.1. The van der Waals surface area contributed by atoms with Gasteiger partial charge in [0.05, 0.1) is 5.75 Å². The van der Waals surface area contributed by atoms with Crippen molar-refractivity contribution in [3.8, 4) is 0 Å². The molecule has 0 aliphatic rings. The van der Waals surface area contributed by atoms with Crippen LogP contribution in [0.1, 0.15) is 12.8 Å². The van der Waals surface area contributed by atoms with Gasteiger partial charge in [0.1, 0.15) is 0 Å². The van der Waals surface area contributed by atoms with Crippen molar-refractivity contribution in [3.63, 3.8) is 0 Å². The van der Waals surface area contributed by atoms with E-state index in [1.807, 2.05) is 36.4 Å². The molecule has 0 atom stereocenters. The highest BCUT2D eigenvalue weighted by molar-refractivity contribution is 7.85. The highest BCUT2D eigenvalue weighted by Crippen LogP contribution is 2.34. The molecule has 2 aromatic carbocycles. The van der Waals surface area contributed by atoms with Crippen LogP contribution in [-0.2, 0) is 10.1 Å². The smallest absolute Gasteiger partial charge is 0.264 e. The molecule has 0 aliphatic carbocycles. The lowest BCUT2D eigenvalue weighted by Gasteiger charge is -2.18. The van der Waals surface area contributed by atoms with Crippen LogP contribution in [0.4, 0.5) is 0 Å². The van der Waals surface area contributed by atoms with Crippen molar-refractivity contribution in [2.75, 3.05) is 11.9 Å². The van der Waals surface area contributed by atoms with Crippen molar-refractivity contribution in [3.05, 3.63) is 60.7 Å². The average molecular weight is 322 g/mol. The Kier molecular flexibility index (Phi) is 5.92. The summed E-state index contributed by atoms with van der Waals surface area (Å²) >= 11 is 0. The molecule has 0 unspecified atom stereocenters. The summed E-state index contributed by atoms with van der Waals surface area (Å²) < 4.78 is 30.3. The van der Waals surface area contributed by atoms with Gasteiger partial charge in [-0.15, -0.1) is 0 Å². The Morgan fingerprint density at radius 2 is 1.29 bits per heavy atom. The lowest BCUT2D eigenvalue weighted by Crippen LogP contribution is -2.14. The first kappa shape index (κ1) is 16.2. The Hall–Kier alpha value is -1.22. The highest BCUT2D eigenvalue weighted by Gasteiger charge is 2.13. The Morgan fingerprint density at radius 1 is 0.810 bits per heavy atom. The molecule has 1 N–H and O–H groups in total. The van der Waals surface area contributed by atoms with Gasteiger partial charge in [-0.3, -0.25) is 4.55 Å². The van der Waals surface area contributed by atoms with Gasteiger partial charge in [-0.05, 0) is 37.5 Å². The van der Waals surface area contributed by atoms with Gasteiger partial charge < -0.3 is 0 Å². The zero-order valence-corrected chi connectivity index (χ0v) is 13.4. The quantitative estimate of drug-likeness (QED) is 0.484. The minimum absolute atomic E-state index is 0.153. The largest absolute Gasteiger partial charge is 0.286 e. The molecule has 21 heavy (non-hydrogen) atoms. The van der Waals surface area contributed by atoms with Crippen molar-refractivity contribution in [2.45, 2.75) is 12.8 Å². The molecular formula is C16H19O3PS. The van der Waals surface area contributed by atoms with Crippen LogP contribution < -0.4 is 10.6 Å². The Balaban J connectivity index is 2.07. The predicted molar refractivity (Wildman–Crippen MR) is 89.6 cm³/mol. The van der Waals surface area contributed by atoms with Gasteiger partial charge in [-0.2, -0.15) is 8.42 Å². The molecule has 2 rings (SSSR count). The summed E-state index contributed by atoms with van der Waals surface area (Å²) in [5, 5.41) is 2.59. The molecule has 0 bridgehead atoms. The van der Waals surface area contributed by atoms with Gasteiger partial charge in [-0.1, -0.05) is 60.7 Å². The molecule has 0 heterocycles. The fourth-order valence-corrected chi connectivity index (χ4v) is 5.16. The normalized spacial score (nSPS) is 11.7. The molecule has 0 fully saturated rings. The number of benzene rings is 2. The molecule has 2 aromatic rings. The first-order chi connectivity index (χ1) is 10.1. The molecule has 0 radical (unpaired) electrons. The van der Waals surface area contributed by atoms with E-state index in [4.69, 9.17) is 4.55 Å². The van der Waals surface area contributed by atoms with Crippen LogP contribution in [0.5, 0.6) is 0 Å². The second-order valence-corrected chi connectivity index (χ2v) is 8.72. The summed E-state index contributed by atoms with van der Waals surface area (Å²) in [5.41, 5.74) is 0. The maximum absolute atomic E-state index is 10.8. The lowest BCUT2D eigenvalue weighted by molar-refractivity contribution is 0.481. The van der Waals surface area contributed by atoms with E-state index in [0.717, 1.165) is 12.6 Å². The van der Waals surface area contributed by atoms with Crippen molar-refractivity contribution in [1.29, 1.82) is 0 Å². The van der Waals surface area contributed by atoms with E-state index in [2.05, 4.69) is 24.3 Å². The van der Waals surface area contributed by atoms with Crippen LogP contribution in [0, 0.1) is 0 Å². The maximum atomic E-state index is 10.8. The molecule has 0 saturated heterocycles. The van der Waals surface area contributed by atoms with Gasteiger partial charge in [0.25, 0.3) is 10.1 Å². The fraction of sp³-hybridized carbons (Fsp3) is 0.250. The first-order valence-corrected chi connectivity index (χ1v) is 10.0. The summed E-state index contributed by atoms with van der Waals surface area (Å²) in [6.45, 7) is 0. The summed E-state index contributed by atoms with van der Waals surface area (Å²) in [7, 11) is -4.32. The van der Waals surface area contributed by atoms with Crippen LogP contribution in [0.3, 0.4) is 0 Å². The minimum Gasteiger partial charge on any atom is -0.286 e. The second kappa shape index (κ2) is 7.69. The van der Waals surface area contributed by atoms with Crippen LogP contribution in [-0.4, -0.2) is 24.9 Å². The molecule has 0 aromatic heterocycles. The number of rotatable bonds is 7. The van der Waals surface area contributed by atoms with Gasteiger partial charge >= 0.3 is 0 Å². The molecule has 3 nitrogen and oxygen atoms in total. The van der Waals surface area contributed by atoms with E-state index in [-0.39, 0.29) is 5.75 Å².